The third-order valence-corrected chi connectivity index (χ3v) is 2.64. The second-order valence-electron chi connectivity index (χ2n) is 4.11. The topological polar surface area (TPSA) is 52.6 Å². The highest BCUT2D eigenvalue weighted by Gasteiger charge is 2.12. The van der Waals surface area contributed by atoms with Crippen LogP contribution in [0.15, 0.2) is 18.2 Å². The minimum Gasteiger partial charge on any atom is -0.393 e. The van der Waals surface area contributed by atoms with Crippen LogP contribution in [0.1, 0.15) is 13.3 Å². The first-order chi connectivity index (χ1) is 8.40. The van der Waals surface area contributed by atoms with Gasteiger partial charge in [0.1, 0.15) is 5.82 Å². The number of urea groups is 1. The number of nitrogens with one attached hydrogen (secondary N) is 1. The summed E-state index contributed by atoms with van der Waals surface area (Å²) in [4.78, 5) is 13.1. The number of nitrogens with zero attached hydrogens (tertiary/aromatic N) is 1. The van der Waals surface area contributed by atoms with Crippen molar-refractivity contribution >= 4 is 23.3 Å². The summed E-state index contributed by atoms with van der Waals surface area (Å²) < 4.78 is 13.4. The maximum Gasteiger partial charge on any atom is 0.321 e. The van der Waals surface area contributed by atoms with Crippen LogP contribution in [0.2, 0.25) is 5.02 Å². The maximum atomic E-state index is 13.4. The van der Waals surface area contributed by atoms with Crippen LogP contribution in [-0.2, 0) is 0 Å². The van der Waals surface area contributed by atoms with Crippen molar-refractivity contribution in [2.24, 2.45) is 0 Å². The molecule has 2 N–H and O–H groups in total. The van der Waals surface area contributed by atoms with Gasteiger partial charge in [-0.05, 0) is 31.5 Å². The van der Waals surface area contributed by atoms with Crippen LogP contribution in [0.4, 0.5) is 14.9 Å². The summed E-state index contributed by atoms with van der Waals surface area (Å²) in [7, 11) is 1.57. The number of halogens is 2. The molecule has 0 spiro atoms. The lowest BCUT2D eigenvalue weighted by Gasteiger charge is -2.18. The molecule has 4 nitrogen and oxygen atoms in total. The Hall–Kier alpha value is -1.33. The monoisotopic (exact) mass is 274 g/mol. The van der Waals surface area contributed by atoms with Crippen LogP contribution in [0, 0.1) is 5.82 Å². The van der Waals surface area contributed by atoms with Crippen LogP contribution < -0.4 is 5.32 Å². The SMILES string of the molecule is CC(O)CCN(C)C(=O)Nc1ccc(Cl)cc1F. The number of anilines is 1. The van der Waals surface area contributed by atoms with Crippen LogP contribution in [-0.4, -0.2) is 35.7 Å². The van der Waals surface area contributed by atoms with Gasteiger partial charge in [-0.2, -0.15) is 0 Å². The van der Waals surface area contributed by atoms with Crippen molar-refractivity contribution in [3.05, 3.63) is 29.0 Å². The van der Waals surface area contributed by atoms with E-state index in [0.29, 0.717) is 13.0 Å². The standard InChI is InChI=1S/C12H16ClFN2O2/c1-8(17)5-6-16(2)12(18)15-11-4-3-9(13)7-10(11)14/h3-4,7-8,17H,5-6H2,1-2H3,(H,15,18). The van der Waals surface area contributed by atoms with Gasteiger partial charge in [0.2, 0.25) is 0 Å². The highest BCUT2D eigenvalue weighted by molar-refractivity contribution is 6.30. The summed E-state index contributed by atoms with van der Waals surface area (Å²) >= 11 is 5.61. The zero-order valence-corrected chi connectivity index (χ0v) is 11.0. The largest absolute Gasteiger partial charge is 0.393 e. The number of carbonyl (C=O) groups is 1. The Morgan fingerprint density at radius 2 is 2.28 bits per heavy atom. The molecular formula is C12H16ClFN2O2. The third kappa shape index (κ3) is 4.50. The molecule has 2 amide bonds. The van der Waals surface area contributed by atoms with Crippen molar-refractivity contribution < 1.29 is 14.3 Å². The molecule has 1 unspecified atom stereocenters. The molecule has 0 aliphatic carbocycles. The first-order valence-corrected chi connectivity index (χ1v) is 5.93. The van der Waals surface area contributed by atoms with E-state index in [0.717, 1.165) is 6.07 Å². The van der Waals surface area contributed by atoms with Crippen LogP contribution in [0.3, 0.4) is 0 Å². The molecule has 0 aliphatic rings. The fourth-order valence-electron chi connectivity index (χ4n) is 1.28. The number of amides is 2. The van der Waals surface area contributed by atoms with Gasteiger partial charge in [-0.3, -0.25) is 0 Å². The zero-order valence-electron chi connectivity index (χ0n) is 10.3. The molecule has 0 radical (unpaired) electrons. The summed E-state index contributed by atoms with van der Waals surface area (Å²) in [6.07, 6.45) is -0.0139. The Morgan fingerprint density at radius 3 is 2.83 bits per heavy atom. The molecule has 18 heavy (non-hydrogen) atoms. The summed E-state index contributed by atoms with van der Waals surface area (Å²) in [6.45, 7) is 2.03. The molecule has 0 bridgehead atoms. The van der Waals surface area contributed by atoms with Gasteiger partial charge in [-0.15, -0.1) is 0 Å². The maximum absolute atomic E-state index is 13.4. The van der Waals surface area contributed by atoms with E-state index in [1.165, 1.54) is 17.0 Å². The molecule has 0 aromatic heterocycles. The molecule has 1 aromatic rings. The Labute approximate surface area is 110 Å². The van der Waals surface area contributed by atoms with Gasteiger partial charge < -0.3 is 15.3 Å². The van der Waals surface area contributed by atoms with Crippen LogP contribution in [0.5, 0.6) is 0 Å². The molecule has 1 aromatic carbocycles. The quantitative estimate of drug-likeness (QED) is 0.887. The van der Waals surface area contributed by atoms with E-state index in [4.69, 9.17) is 16.7 Å². The smallest absolute Gasteiger partial charge is 0.321 e. The predicted molar refractivity (Wildman–Crippen MR) is 69.4 cm³/mol. The molecule has 0 fully saturated rings. The Kier molecular flexibility index (Phi) is 5.37. The summed E-state index contributed by atoms with van der Waals surface area (Å²) in [6, 6.07) is 3.60. The third-order valence-electron chi connectivity index (χ3n) is 2.40. The number of aliphatic hydroxyl groups excluding tert-OH is 1. The van der Waals surface area contributed by atoms with Crippen molar-refractivity contribution in [2.75, 3.05) is 18.9 Å². The number of hydrogen-bond acceptors (Lipinski definition) is 2. The van der Waals surface area contributed by atoms with Gasteiger partial charge in [0.05, 0.1) is 11.8 Å². The normalized spacial score (nSPS) is 12.1. The number of carbonyl (C=O) groups excluding carboxylic acids is 1. The van der Waals surface area contributed by atoms with Crippen molar-refractivity contribution in [1.29, 1.82) is 0 Å². The molecule has 6 heteroatoms. The summed E-state index contributed by atoms with van der Waals surface area (Å²) in [5, 5.41) is 11.8. The lowest BCUT2D eigenvalue weighted by molar-refractivity contribution is 0.167. The Balaban J connectivity index is 2.58. The highest BCUT2D eigenvalue weighted by atomic mass is 35.5. The van der Waals surface area contributed by atoms with E-state index >= 15 is 0 Å². The predicted octanol–water partition coefficient (Wildman–Crippen LogP) is 2.71. The first-order valence-electron chi connectivity index (χ1n) is 5.55. The molecular weight excluding hydrogens is 259 g/mol. The fourth-order valence-corrected chi connectivity index (χ4v) is 1.44. The van der Waals surface area contributed by atoms with Crippen molar-refractivity contribution in [3.63, 3.8) is 0 Å². The van der Waals surface area contributed by atoms with Gasteiger partial charge >= 0.3 is 6.03 Å². The summed E-state index contributed by atoms with van der Waals surface area (Å²) in [5.41, 5.74) is 0.0771. The lowest BCUT2D eigenvalue weighted by Crippen LogP contribution is -2.33. The van der Waals surface area contributed by atoms with E-state index in [1.54, 1.807) is 14.0 Å². The molecule has 1 rings (SSSR count). The number of rotatable bonds is 4. The molecule has 0 saturated heterocycles. The molecule has 100 valence electrons. The van der Waals surface area contributed by atoms with E-state index < -0.39 is 18.0 Å². The van der Waals surface area contributed by atoms with Crippen LogP contribution in [0.25, 0.3) is 0 Å². The van der Waals surface area contributed by atoms with Gasteiger partial charge in [-0.1, -0.05) is 11.6 Å². The number of hydrogen-bond donors (Lipinski definition) is 2. The Bertz CT molecular complexity index is 427. The van der Waals surface area contributed by atoms with Crippen molar-refractivity contribution in [1.82, 2.24) is 4.90 Å². The first kappa shape index (κ1) is 14.7. The highest BCUT2D eigenvalue weighted by Crippen LogP contribution is 2.19. The van der Waals surface area contributed by atoms with Crippen LogP contribution >= 0.6 is 11.6 Å². The average molecular weight is 275 g/mol. The van der Waals surface area contributed by atoms with Gasteiger partial charge in [0.25, 0.3) is 0 Å². The van der Waals surface area contributed by atoms with Crippen molar-refractivity contribution in [3.8, 4) is 0 Å². The van der Waals surface area contributed by atoms with E-state index in [9.17, 15) is 9.18 Å². The minimum absolute atomic E-state index is 0.0771. The minimum atomic E-state index is -0.584. The fraction of sp³-hybridized carbons (Fsp3) is 0.417. The molecule has 1 atom stereocenters. The van der Waals surface area contributed by atoms with E-state index in [2.05, 4.69) is 5.32 Å². The zero-order chi connectivity index (χ0) is 13.7. The van der Waals surface area contributed by atoms with E-state index in [1.807, 2.05) is 0 Å². The lowest BCUT2D eigenvalue weighted by atomic mass is 10.3. The number of benzene rings is 1. The van der Waals surface area contributed by atoms with E-state index in [-0.39, 0.29) is 10.7 Å². The average Bonchev–Trinajstić information content (AvgIpc) is 2.29. The molecule has 0 saturated carbocycles. The second kappa shape index (κ2) is 6.56. The molecule has 0 heterocycles. The Morgan fingerprint density at radius 1 is 1.61 bits per heavy atom. The van der Waals surface area contributed by atoms with Crippen molar-refractivity contribution in [2.45, 2.75) is 19.4 Å². The second-order valence-corrected chi connectivity index (χ2v) is 4.55. The number of aliphatic hydroxyl groups is 1. The molecule has 0 aliphatic heterocycles. The summed E-state index contributed by atoms with van der Waals surface area (Å²) in [5.74, 6) is -0.584. The van der Waals surface area contributed by atoms with Gasteiger partial charge in [0.15, 0.2) is 0 Å². The van der Waals surface area contributed by atoms with Gasteiger partial charge in [-0.25, -0.2) is 9.18 Å². The van der Waals surface area contributed by atoms with Gasteiger partial charge in [0, 0.05) is 18.6 Å².